The third-order valence-corrected chi connectivity index (χ3v) is 3.42. The van der Waals surface area contributed by atoms with E-state index < -0.39 is 0 Å². The van der Waals surface area contributed by atoms with Crippen LogP contribution in [0, 0.1) is 6.92 Å². The number of tetrazole rings is 1. The van der Waals surface area contributed by atoms with Gasteiger partial charge in [-0.05, 0) is 47.2 Å². The Morgan fingerprint density at radius 1 is 1.14 bits per heavy atom. The van der Waals surface area contributed by atoms with Crippen LogP contribution in [-0.2, 0) is 6.54 Å². The molecule has 0 aliphatic rings. The second-order valence-corrected chi connectivity index (χ2v) is 5.09. The molecule has 3 rings (SSSR count). The molecule has 0 fully saturated rings. The third-order valence-electron chi connectivity index (χ3n) is 3.09. The van der Waals surface area contributed by atoms with E-state index in [0.717, 1.165) is 22.8 Å². The highest BCUT2D eigenvalue weighted by Crippen LogP contribution is 2.23. The van der Waals surface area contributed by atoms with Crippen LogP contribution in [0.15, 0.2) is 48.5 Å². The average Bonchev–Trinajstić information content (AvgIpc) is 2.97. The highest BCUT2D eigenvalue weighted by molar-refractivity contribution is 6.33. The molecule has 0 amide bonds. The summed E-state index contributed by atoms with van der Waals surface area (Å²) in [5.41, 5.74) is 2.94. The highest BCUT2D eigenvalue weighted by atomic mass is 35.5. The van der Waals surface area contributed by atoms with Crippen LogP contribution in [0.1, 0.15) is 11.4 Å². The van der Waals surface area contributed by atoms with Crippen molar-refractivity contribution in [1.29, 1.82) is 0 Å². The molecule has 0 atom stereocenters. The van der Waals surface area contributed by atoms with Gasteiger partial charge in [-0.25, -0.2) is 0 Å². The molecule has 0 aliphatic carbocycles. The maximum absolute atomic E-state index is 6.17. The lowest BCUT2D eigenvalue weighted by atomic mass is 10.2. The molecule has 0 saturated heterocycles. The number of hydrogen-bond donors (Lipinski definition) is 1. The van der Waals surface area contributed by atoms with Crippen molar-refractivity contribution in [3.63, 3.8) is 0 Å². The minimum atomic E-state index is 0.491. The molecule has 0 aliphatic heterocycles. The molecule has 6 heteroatoms. The van der Waals surface area contributed by atoms with E-state index >= 15 is 0 Å². The van der Waals surface area contributed by atoms with Crippen LogP contribution >= 0.6 is 11.6 Å². The quantitative estimate of drug-likeness (QED) is 0.803. The van der Waals surface area contributed by atoms with E-state index in [1.807, 2.05) is 55.5 Å². The molecule has 5 nitrogen and oxygen atoms in total. The maximum Gasteiger partial charge on any atom is 0.175 e. The van der Waals surface area contributed by atoms with Gasteiger partial charge >= 0.3 is 0 Å². The summed E-state index contributed by atoms with van der Waals surface area (Å²) in [4.78, 5) is 0. The zero-order chi connectivity index (χ0) is 14.7. The van der Waals surface area contributed by atoms with Gasteiger partial charge in [0.1, 0.15) is 0 Å². The van der Waals surface area contributed by atoms with E-state index in [0.29, 0.717) is 11.6 Å². The van der Waals surface area contributed by atoms with Gasteiger partial charge in [-0.1, -0.05) is 35.9 Å². The van der Waals surface area contributed by atoms with Crippen molar-refractivity contribution in [3.05, 3.63) is 64.9 Å². The van der Waals surface area contributed by atoms with Gasteiger partial charge in [-0.15, -0.1) is 5.10 Å². The molecule has 1 aromatic heterocycles. The van der Waals surface area contributed by atoms with E-state index in [2.05, 4.69) is 20.8 Å². The molecule has 1 heterocycles. The summed E-state index contributed by atoms with van der Waals surface area (Å²) in [6, 6.07) is 15.6. The summed E-state index contributed by atoms with van der Waals surface area (Å²) in [7, 11) is 0. The highest BCUT2D eigenvalue weighted by Gasteiger charge is 2.08. The summed E-state index contributed by atoms with van der Waals surface area (Å²) < 4.78 is 1.71. The zero-order valence-electron chi connectivity index (χ0n) is 11.5. The first kappa shape index (κ1) is 13.6. The Morgan fingerprint density at radius 3 is 2.76 bits per heavy atom. The van der Waals surface area contributed by atoms with Crippen LogP contribution in [0.3, 0.4) is 0 Å². The van der Waals surface area contributed by atoms with Crippen LogP contribution in [0.25, 0.3) is 5.69 Å². The van der Waals surface area contributed by atoms with Gasteiger partial charge in [0.05, 0.1) is 22.9 Å². The number of nitrogens with one attached hydrogen (secondary N) is 1. The molecule has 2 aromatic carbocycles. The number of aryl methyl sites for hydroxylation is 1. The fourth-order valence-corrected chi connectivity index (χ4v) is 2.22. The summed E-state index contributed by atoms with van der Waals surface area (Å²) in [5.74, 6) is 0.721. The molecule has 0 unspecified atom stereocenters. The number of nitrogens with zero attached hydrogens (tertiary/aromatic N) is 4. The largest absolute Gasteiger partial charge is 0.376 e. The Balaban J connectivity index is 1.81. The second-order valence-electron chi connectivity index (χ2n) is 4.68. The fourth-order valence-electron chi connectivity index (χ4n) is 2.03. The Bertz CT molecular complexity index is 739. The number of hydrogen-bond acceptors (Lipinski definition) is 4. The number of rotatable bonds is 4. The SMILES string of the molecule is Cc1ccc(Cl)c(NCc2nnnn2-c2ccccc2)c1. The summed E-state index contributed by atoms with van der Waals surface area (Å²) in [5, 5.41) is 15.8. The van der Waals surface area contributed by atoms with Gasteiger partial charge in [0.25, 0.3) is 0 Å². The molecule has 0 radical (unpaired) electrons. The number of halogens is 1. The van der Waals surface area contributed by atoms with Crippen molar-refractivity contribution in [2.75, 3.05) is 5.32 Å². The van der Waals surface area contributed by atoms with Gasteiger partial charge in [-0.2, -0.15) is 4.68 Å². The number of aromatic nitrogens is 4. The van der Waals surface area contributed by atoms with E-state index in [1.165, 1.54) is 0 Å². The van der Waals surface area contributed by atoms with Crippen LogP contribution in [0.2, 0.25) is 5.02 Å². The van der Waals surface area contributed by atoms with E-state index in [9.17, 15) is 0 Å². The Kier molecular flexibility index (Phi) is 3.83. The molecule has 1 N–H and O–H groups in total. The molecular weight excluding hydrogens is 286 g/mol. The van der Waals surface area contributed by atoms with E-state index in [-0.39, 0.29) is 0 Å². The number of benzene rings is 2. The lowest BCUT2D eigenvalue weighted by molar-refractivity contribution is 0.768. The van der Waals surface area contributed by atoms with Crippen molar-refractivity contribution in [3.8, 4) is 5.69 Å². The molecule has 0 saturated carbocycles. The van der Waals surface area contributed by atoms with Crippen molar-refractivity contribution in [2.45, 2.75) is 13.5 Å². The lowest BCUT2D eigenvalue weighted by Crippen LogP contribution is -2.08. The normalized spacial score (nSPS) is 10.6. The minimum absolute atomic E-state index is 0.491. The monoisotopic (exact) mass is 299 g/mol. The van der Waals surface area contributed by atoms with E-state index in [4.69, 9.17) is 11.6 Å². The van der Waals surface area contributed by atoms with Crippen molar-refractivity contribution >= 4 is 17.3 Å². The van der Waals surface area contributed by atoms with Crippen LogP contribution in [0.5, 0.6) is 0 Å². The Morgan fingerprint density at radius 2 is 1.95 bits per heavy atom. The smallest absolute Gasteiger partial charge is 0.175 e. The van der Waals surface area contributed by atoms with Crippen molar-refractivity contribution in [1.82, 2.24) is 20.2 Å². The lowest BCUT2D eigenvalue weighted by Gasteiger charge is -2.09. The predicted octanol–water partition coefficient (Wildman–Crippen LogP) is 3.24. The Labute approximate surface area is 127 Å². The van der Waals surface area contributed by atoms with Crippen LogP contribution < -0.4 is 5.32 Å². The van der Waals surface area contributed by atoms with Gasteiger partial charge in [0.15, 0.2) is 5.82 Å². The Hall–Kier alpha value is -2.40. The van der Waals surface area contributed by atoms with Crippen molar-refractivity contribution < 1.29 is 0 Å². The molecule has 3 aromatic rings. The molecule has 21 heavy (non-hydrogen) atoms. The van der Waals surface area contributed by atoms with Crippen LogP contribution in [-0.4, -0.2) is 20.2 Å². The molecule has 0 spiro atoms. The minimum Gasteiger partial charge on any atom is -0.376 e. The predicted molar refractivity (Wildman–Crippen MR) is 82.7 cm³/mol. The number of anilines is 1. The molecule has 0 bridgehead atoms. The van der Waals surface area contributed by atoms with Gasteiger partial charge in [-0.3, -0.25) is 0 Å². The standard InChI is InChI=1S/C15H14ClN5/c1-11-7-8-13(16)14(9-11)17-10-15-18-19-20-21(15)12-5-3-2-4-6-12/h2-9,17H,10H2,1H3. The summed E-state index contributed by atoms with van der Waals surface area (Å²) in [6.45, 7) is 2.51. The fraction of sp³-hybridized carbons (Fsp3) is 0.133. The zero-order valence-corrected chi connectivity index (χ0v) is 12.2. The van der Waals surface area contributed by atoms with Gasteiger partial charge in [0.2, 0.25) is 0 Å². The molecule has 106 valence electrons. The number of para-hydroxylation sites is 1. The maximum atomic E-state index is 6.17. The van der Waals surface area contributed by atoms with Crippen molar-refractivity contribution in [2.24, 2.45) is 0 Å². The van der Waals surface area contributed by atoms with Crippen LogP contribution in [0.4, 0.5) is 5.69 Å². The first-order valence-electron chi connectivity index (χ1n) is 6.57. The second kappa shape index (κ2) is 5.93. The topological polar surface area (TPSA) is 55.6 Å². The van der Waals surface area contributed by atoms with Gasteiger partial charge < -0.3 is 5.32 Å². The third kappa shape index (κ3) is 3.03. The molecular formula is C15H14ClN5. The van der Waals surface area contributed by atoms with Gasteiger partial charge in [0, 0.05) is 0 Å². The van der Waals surface area contributed by atoms with E-state index in [1.54, 1.807) is 4.68 Å². The summed E-state index contributed by atoms with van der Waals surface area (Å²) >= 11 is 6.17. The summed E-state index contributed by atoms with van der Waals surface area (Å²) in [6.07, 6.45) is 0. The first-order valence-corrected chi connectivity index (χ1v) is 6.94. The average molecular weight is 300 g/mol. The first-order chi connectivity index (χ1) is 10.2.